The van der Waals surface area contributed by atoms with Gasteiger partial charge in [-0.3, -0.25) is 0 Å². The molecule has 0 unspecified atom stereocenters. The minimum Gasteiger partial charge on any atom is -0.409 e. The minimum absolute atomic E-state index is 0.829. The van der Waals surface area contributed by atoms with Crippen molar-refractivity contribution >= 4 is 13.5 Å². The van der Waals surface area contributed by atoms with Crippen LogP contribution in [-0.2, 0) is 11.0 Å². The summed E-state index contributed by atoms with van der Waals surface area (Å²) in [6.07, 6.45) is 0. The van der Waals surface area contributed by atoms with Gasteiger partial charge in [0.15, 0.2) is 0 Å². The monoisotopic (exact) mass is 164 g/mol. The molecule has 1 aromatic rings. The molecule has 0 aliphatic carbocycles. The highest BCUT2D eigenvalue weighted by atomic mass is 28.4. The average Bonchev–Trinajstić information content (AvgIpc) is 2.29. The molecule has 0 bridgehead atoms. The molecule has 1 heterocycles. The molecule has 0 N–H and O–H groups in total. The van der Waals surface area contributed by atoms with Crippen molar-refractivity contribution in [3.8, 4) is 0 Å². The first-order valence-electron chi connectivity index (χ1n) is 3.92. The van der Waals surface area contributed by atoms with Crippen molar-refractivity contribution in [1.29, 1.82) is 0 Å². The van der Waals surface area contributed by atoms with Crippen LogP contribution in [0.5, 0.6) is 0 Å². The van der Waals surface area contributed by atoms with E-state index in [4.69, 9.17) is 4.43 Å². The first kappa shape index (κ1) is 7.07. The summed E-state index contributed by atoms with van der Waals surface area (Å²) in [5.41, 5.74) is 1.39. The summed E-state index contributed by atoms with van der Waals surface area (Å²) in [5, 5.41) is 1.47. The van der Waals surface area contributed by atoms with Gasteiger partial charge in [-0.05, 0) is 23.8 Å². The molecule has 0 fully saturated rings. The molecule has 0 amide bonds. The summed E-state index contributed by atoms with van der Waals surface area (Å²) >= 11 is 0. The number of benzene rings is 1. The zero-order chi connectivity index (χ0) is 7.90. The normalized spacial score (nSPS) is 19.8. The van der Waals surface area contributed by atoms with Crippen molar-refractivity contribution < 1.29 is 4.43 Å². The van der Waals surface area contributed by atoms with Gasteiger partial charge in [0.1, 0.15) is 0 Å². The van der Waals surface area contributed by atoms with Crippen LogP contribution >= 0.6 is 0 Å². The van der Waals surface area contributed by atoms with E-state index in [9.17, 15) is 0 Å². The Morgan fingerprint density at radius 1 is 1.27 bits per heavy atom. The molecule has 0 radical (unpaired) electrons. The van der Waals surface area contributed by atoms with E-state index < -0.39 is 8.32 Å². The Morgan fingerprint density at radius 3 is 2.73 bits per heavy atom. The number of fused-ring (bicyclic) bond motifs is 1. The van der Waals surface area contributed by atoms with Gasteiger partial charge < -0.3 is 4.43 Å². The SMILES string of the molecule is C[Si]1(C)OCc2ccccc21. The molecule has 0 aromatic heterocycles. The van der Waals surface area contributed by atoms with Crippen molar-refractivity contribution in [2.45, 2.75) is 19.7 Å². The summed E-state index contributed by atoms with van der Waals surface area (Å²) in [4.78, 5) is 0. The van der Waals surface area contributed by atoms with Crippen LogP contribution in [-0.4, -0.2) is 8.32 Å². The van der Waals surface area contributed by atoms with E-state index in [0.717, 1.165) is 6.61 Å². The summed E-state index contributed by atoms with van der Waals surface area (Å²) in [7, 11) is -1.46. The summed E-state index contributed by atoms with van der Waals surface area (Å²) < 4.78 is 5.75. The first-order chi connectivity index (χ1) is 5.20. The fourth-order valence-corrected chi connectivity index (χ4v) is 3.67. The lowest BCUT2D eigenvalue weighted by Gasteiger charge is -2.13. The molecule has 2 rings (SSSR count). The van der Waals surface area contributed by atoms with Crippen molar-refractivity contribution in [3.63, 3.8) is 0 Å². The number of hydrogen-bond donors (Lipinski definition) is 0. The van der Waals surface area contributed by atoms with E-state index in [1.165, 1.54) is 10.8 Å². The van der Waals surface area contributed by atoms with Gasteiger partial charge in [-0.25, -0.2) is 0 Å². The third-order valence-electron chi connectivity index (χ3n) is 2.25. The lowest BCUT2D eigenvalue weighted by Crippen LogP contribution is -2.39. The highest BCUT2D eigenvalue weighted by Gasteiger charge is 2.32. The molecule has 11 heavy (non-hydrogen) atoms. The number of hydrogen-bond acceptors (Lipinski definition) is 1. The van der Waals surface area contributed by atoms with Crippen LogP contribution in [0.1, 0.15) is 5.56 Å². The molecule has 0 spiro atoms. The largest absolute Gasteiger partial charge is 0.409 e. The maximum atomic E-state index is 5.75. The van der Waals surface area contributed by atoms with Crippen molar-refractivity contribution in [2.75, 3.05) is 0 Å². The highest BCUT2D eigenvalue weighted by molar-refractivity contribution is 6.85. The highest BCUT2D eigenvalue weighted by Crippen LogP contribution is 2.18. The Morgan fingerprint density at radius 2 is 2.00 bits per heavy atom. The lowest BCUT2D eigenvalue weighted by atomic mass is 10.2. The maximum absolute atomic E-state index is 5.75. The molecular weight excluding hydrogens is 152 g/mol. The topological polar surface area (TPSA) is 9.23 Å². The average molecular weight is 164 g/mol. The molecule has 1 aliphatic heterocycles. The van der Waals surface area contributed by atoms with Gasteiger partial charge in [0, 0.05) is 0 Å². The quantitative estimate of drug-likeness (QED) is 0.530. The molecule has 0 saturated carbocycles. The van der Waals surface area contributed by atoms with Crippen molar-refractivity contribution in [1.82, 2.24) is 0 Å². The Balaban J connectivity index is 2.56. The fraction of sp³-hybridized carbons (Fsp3) is 0.333. The van der Waals surface area contributed by atoms with Crippen LogP contribution in [0.25, 0.3) is 0 Å². The molecule has 1 aliphatic rings. The predicted molar refractivity (Wildman–Crippen MR) is 48.3 cm³/mol. The maximum Gasteiger partial charge on any atom is 0.218 e. The third kappa shape index (κ3) is 1.02. The standard InChI is InChI=1S/C9H12OSi/c1-11(2)9-6-4-3-5-8(9)7-10-11/h3-6H,7H2,1-2H3. The van der Waals surface area contributed by atoms with Crippen LogP contribution in [0.15, 0.2) is 24.3 Å². The molecule has 0 saturated heterocycles. The number of rotatable bonds is 0. The zero-order valence-electron chi connectivity index (χ0n) is 6.92. The van der Waals surface area contributed by atoms with E-state index in [0.29, 0.717) is 0 Å². The van der Waals surface area contributed by atoms with Gasteiger partial charge in [0.2, 0.25) is 8.32 Å². The molecule has 1 nitrogen and oxygen atoms in total. The van der Waals surface area contributed by atoms with Crippen LogP contribution in [0, 0.1) is 0 Å². The minimum atomic E-state index is -1.46. The van der Waals surface area contributed by atoms with Gasteiger partial charge in [0.05, 0.1) is 6.61 Å². The van der Waals surface area contributed by atoms with Gasteiger partial charge in [-0.1, -0.05) is 24.3 Å². The summed E-state index contributed by atoms with van der Waals surface area (Å²) in [6, 6.07) is 8.55. The first-order valence-corrected chi connectivity index (χ1v) is 6.83. The van der Waals surface area contributed by atoms with Crippen LogP contribution in [0.4, 0.5) is 0 Å². The van der Waals surface area contributed by atoms with Crippen molar-refractivity contribution in [2.24, 2.45) is 0 Å². The fourth-order valence-electron chi connectivity index (χ4n) is 1.57. The van der Waals surface area contributed by atoms with Gasteiger partial charge in [-0.2, -0.15) is 0 Å². The third-order valence-corrected chi connectivity index (χ3v) is 4.91. The molecule has 58 valence electrons. The van der Waals surface area contributed by atoms with Gasteiger partial charge in [-0.15, -0.1) is 0 Å². The van der Waals surface area contributed by atoms with Gasteiger partial charge in [0.25, 0.3) is 0 Å². The van der Waals surface area contributed by atoms with Crippen LogP contribution in [0.2, 0.25) is 13.1 Å². The van der Waals surface area contributed by atoms with Crippen molar-refractivity contribution in [3.05, 3.63) is 29.8 Å². The Bertz CT molecular complexity index is 281. The molecular formula is C9H12OSi. The van der Waals surface area contributed by atoms with E-state index >= 15 is 0 Å². The van der Waals surface area contributed by atoms with Crippen LogP contribution < -0.4 is 5.19 Å². The lowest BCUT2D eigenvalue weighted by molar-refractivity contribution is 0.320. The Hall–Kier alpha value is -0.603. The Labute approximate surface area is 68.1 Å². The zero-order valence-corrected chi connectivity index (χ0v) is 7.92. The second-order valence-corrected chi connectivity index (χ2v) is 7.30. The van der Waals surface area contributed by atoms with E-state index in [2.05, 4.69) is 37.4 Å². The molecule has 1 aromatic carbocycles. The van der Waals surface area contributed by atoms with E-state index in [1.54, 1.807) is 0 Å². The van der Waals surface area contributed by atoms with E-state index in [1.807, 2.05) is 0 Å². The summed E-state index contributed by atoms with van der Waals surface area (Å²) in [5.74, 6) is 0. The predicted octanol–water partition coefficient (Wildman–Crippen LogP) is 1.63. The Kier molecular flexibility index (Phi) is 1.41. The smallest absolute Gasteiger partial charge is 0.218 e. The second kappa shape index (κ2) is 2.19. The molecule has 0 atom stereocenters. The van der Waals surface area contributed by atoms with Gasteiger partial charge >= 0.3 is 0 Å². The van der Waals surface area contributed by atoms with E-state index in [-0.39, 0.29) is 0 Å². The van der Waals surface area contributed by atoms with Crippen LogP contribution in [0.3, 0.4) is 0 Å². The molecule has 2 heteroatoms. The summed E-state index contributed by atoms with van der Waals surface area (Å²) in [6.45, 7) is 5.33. The second-order valence-electron chi connectivity index (χ2n) is 3.46.